The fraction of sp³-hybridized carbons (Fsp3) is 0.138. The summed E-state index contributed by atoms with van der Waals surface area (Å²) < 4.78 is 14.5. The van der Waals surface area contributed by atoms with Gasteiger partial charge in [0.2, 0.25) is 6.23 Å². The first-order chi connectivity index (χ1) is 17.5. The van der Waals surface area contributed by atoms with E-state index in [0.717, 1.165) is 54.8 Å². The second kappa shape index (κ2) is 9.92. The SMILES string of the molecule is Clc1ccc(C2=NN3[C@@H](c4ccc(OCc5ccccc5)cc4)Oc4c(Br)cc(Br)cc4[C@@H]3C2)cc1. The Morgan fingerprint density at radius 3 is 2.44 bits per heavy atom. The molecular weight excluding hydrogens is 604 g/mol. The summed E-state index contributed by atoms with van der Waals surface area (Å²) in [5.74, 6) is 1.66. The highest BCUT2D eigenvalue weighted by molar-refractivity contribution is 9.11. The van der Waals surface area contributed by atoms with Crippen molar-refractivity contribution in [1.82, 2.24) is 5.01 Å². The van der Waals surface area contributed by atoms with Crippen LogP contribution in [0.4, 0.5) is 0 Å². The normalized spacial score (nSPS) is 18.2. The summed E-state index contributed by atoms with van der Waals surface area (Å²) in [6.07, 6.45) is 0.406. The first-order valence-electron chi connectivity index (χ1n) is 11.6. The minimum Gasteiger partial charge on any atom is -0.489 e. The Bertz CT molecular complexity index is 1430. The Kier molecular flexibility index (Phi) is 6.50. The molecule has 0 radical (unpaired) electrons. The maximum atomic E-state index is 6.58. The van der Waals surface area contributed by atoms with Crippen molar-refractivity contribution in [1.29, 1.82) is 0 Å². The zero-order valence-electron chi connectivity index (χ0n) is 19.1. The minimum atomic E-state index is -0.368. The van der Waals surface area contributed by atoms with E-state index in [1.807, 2.05) is 60.7 Å². The van der Waals surface area contributed by atoms with Crippen LogP contribution in [0.3, 0.4) is 0 Å². The fourth-order valence-electron chi connectivity index (χ4n) is 4.62. The van der Waals surface area contributed by atoms with E-state index < -0.39 is 0 Å². The van der Waals surface area contributed by atoms with Gasteiger partial charge in [-0.15, -0.1) is 0 Å². The van der Waals surface area contributed by atoms with Gasteiger partial charge in [0.25, 0.3) is 0 Å². The van der Waals surface area contributed by atoms with Crippen LogP contribution in [0.1, 0.15) is 40.9 Å². The topological polar surface area (TPSA) is 34.1 Å². The van der Waals surface area contributed by atoms with Gasteiger partial charge in [0.05, 0.1) is 16.2 Å². The van der Waals surface area contributed by atoms with Crippen molar-refractivity contribution >= 4 is 49.2 Å². The molecule has 7 heteroatoms. The van der Waals surface area contributed by atoms with Gasteiger partial charge < -0.3 is 9.47 Å². The number of nitrogens with zero attached hydrogens (tertiary/aromatic N) is 2. The van der Waals surface area contributed by atoms with Crippen LogP contribution in [-0.4, -0.2) is 10.7 Å². The molecule has 36 heavy (non-hydrogen) atoms. The van der Waals surface area contributed by atoms with Gasteiger partial charge in [-0.2, -0.15) is 5.10 Å². The largest absolute Gasteiger partial charge is 0.489 e. The molecule has 0 N–H and O–H groups in total. The molecule has 0 saturated heterocycles. The van der Waals surface area contributed by atoms with Crippen LogP contribution in [0, 0.1) is 0 Å². The molecule has 2 aliphatic rings. The summed E-state index contributed by atoms with van der Waals surface area (Å²) in [6, 6.07) is 30.3. The maximum absolute atomic E-state index is 6.58. The molecule has 0 aliphatic carbocycles. The van der Waals surface area contributed by atoms with E-state index in [4.69, 9.17) is 26.2 Å². The van der Waals surface area contributed by atoms with E-state index in [1.54, 1.807) is 0 Å². The summed E-state index contributed by atoms with van der Waals surface area (Å²) >= 11 is 13.5. The third-order valence-electron chi connectivity index (χ3n) is 6.40. The van der Waals surface area contributed by atoms with Crippen molar-refractivity contribution in [2.75, 3.05) is 0 Å². The average molecular weight is 625 g/mol. The molecule has 6 rings (SSSR count). The molecule has 0 spiro atoms. The Labute approximate surface area is 231 Å². The molecule has 4 aromatic carbocycles. The minimum absolute atomic E-state index is 0.0484. The van der Waals surface area contributed by atoms with Crippen LogP contribution in [0.5, 0.6) is 11.5 Å². The Morgan fingerprint density at radius 1 is 0.944 bits per heavy atom. The molecule has 2 heterocycles. The molecule has 4 aromatic rings. The number of hydrazone groups is 1. The van der Waals surface area contributed by atoms with E-state index in [0.29, 0.717) is 11.6 Å². The quantitative estimate of drug-likeness (QED) is 0.223. The molecule has 0 amide bonds. The zero-order chi connectivity index (χ0) is 24.6. The third kappa shape index (κ3) is 4.65. The van der Waals surface area contributed by atoms with Crippen molar-refractivity contribution in [2.24, 2.45) is 5.10 Å². The van der Waals surface area contributed by atoms with E-state index in [-0.39, 0.29) is 12.3 Å². The maximum Gasteiger partial charge on any atom is 0.213 e. The summed E-state index contributed by atoms with van der Waals surface area (Å²) in [7, 11) is 0. The summed E-state index contributed by atoms with van der Waals surface area (Å²) in [5.41, 5.74) is 5.32. The van der Waals surface area contributed by atoms with Crippen LogP contribution in [0.2, 0.25) is 5.02 Å². The second-order valence-electron chi connectivity index (χ2n) is 8.77. The molecule has 0 unspecified atom stereocenters. The van der Waals surface area contributed by atoms with Gasteiger partial charge in [0.15, 0.2) is 0 Å². The number of hydrogen-bond acceptors (Lipinski definition) is 4. The lowest BCUT2D eigenvalue weighted by Crippen LogP contribution is -2.33. The second-order valence-corrected chi connectivity index (χ2v) is 11.0. The molecule has 0 fully saturated rings. The first kappa shape index (κ1) is 23.6. The highest BCUT2D eigenvalue weighted by atomic mass is 79.9. The van der Waals surface area contributed by atoms with Crippen LogP contribution in [0.15, 0.2) is 105 Å². The fourth-order valence-corrected chi connectivity index (χ4v) is 6.10. The van der Waals surface area contributed by atoms with E-state index in [9.17, 15) is 0 Å². The van der Waals surface area contributed by atoms with E-state index >= 15 is 0 Å². The van der Waals surface area contributed by atoms with E-state index in [1.165, 1.54) is 0 Å². The predicted molar refractivity (Wildman–Crippen MR) is 150 cm³/mol. The monoisotopic (exact) mass is 622 g/mol. The van der Waals surface area contributed by atoms with Gasteiger partial charge in [0.1, 0.15) is 18.1 Å². The van der Waals surface area contributed by atoms with Gasteiger partial charge in [-0.25, -0.2) is 5.01 Å². The van der Waals surface area contributed by atoms with Crippen LogP contribution in [0.25, 0.3) is 0 Å². The molecule has 0 aromatic heterocycles. The van der Waals surface area contributed by atoms with Crippen LogP contribution >= 0.6 is 43.5 Å². The highest BCUT2D eigenvalue weighted by Gasteiger charge is 2.42. The molecule has 4 nitrogen and oxygen atoms in total. The Balaban J connectivity index is 1.32. The molecule has 180 valence electrons. The number of rotatable bonds is 5. The summed E-state index contributed by atoms with van der Waals surface area (Å²) in [4.78, 5) is 0. The van der Waals surface area contributed by atoms with Gasteiger partial charge in [-0.3, -0.25) is 0 Å². The molecule has 0 saturated carbocycles. The number of halogens is 3. The molecular formula is C29H21Br2ClN2O2. The van der Waals surface area contributed by atoms with Crippen molar-refractivity contribution in [3.63, 3.8) is 0 Å². The Hall–Kier alpha value is -2.80. The summed E-state index contributed by atoms with van der Waals surface area (Å²) in [5, 5.41) is 7.83. The molecule has 0 bridgehead atoms. The van der Waals surface area contributed by atoms with Gasteiger partial charge in [0, 0.05) is 27.0 Å². The number of benzene rings is 4. The number of ether oxygens (including phenoxy) is 2. The number of hydrogen-bond donors (Lipinski definition) is 0. The van der Waals surface area contributed by atoms with Crippen molar-refractivity contribution in [3.05, 3.63) is 127 Å². The van der Waals surface area contributed by atoms with Crippen molar-refractivity contribution < 1.29 is 9.47 Å². The average Bonchev–Trinajstić information content (AvgIpc) is 3.34. The lowest BCUT2D eigenvalue weighted by atomic mass is 9.96. The van der Waals surface area contributed by atoms with Crippen LogP contribution in [-0.2, 0) is 6.61 Å². The lowest BCUT2D eigenvalue weighted by Gasteiger charge is -2.38. The lowest BCUT2D eigenvalue weighted by molar-refractivity contribution is -0.0197. The summed E-state index contributed by atoms with van der Waals surface area (Å²) in [6.45, 7) is 0.526. The zero-order valence-corrected chi connectivity index (χ0v) is 23.0. The van der Waals surface area contributed by atoms with Crippen molar-refractivity contribution in [3.8, 4) is 11.5 Å². The van der Waals surface area contributed by atoms with E-state index in [2.05, 4.69) is 67.2 Å². The van der Waals surface area contributed by atoms with Gasteiger partial charge >= 0.3 is 0 Å². The highest BCUT2D eigenvalue weighted by Crippen LogP contribution is 2.51. The smallest absolute Gasteiger partial charge is 0.213 e. The predicted octanol–water partition coefficient (Wildman–Crippen LogP) is 8.69. The van der Waals surface area contributed by atoms with Gasteiger partial charge in [-0.05, 0) is 75.6 Å². The standard InChI is InChI=1S/C29H21Br2ClN2O2/c30-21-14-24-27-16-26(19-6-10-22(32)11-7-19)33-34(27)29(36-28(24)25(31)15-21)20-8-12-23(13-9-20)35-17-18-4-2-1-3-5-18/h1-15,27,29H,16-17H2/t27-,29+/m0/s1. The Morgan fingerprint density at radius 2 is 1.69 bits per heavy atom. The third-order valence-corrected chi connectivity index (χ3v) is 7.70. The van der Waals surface area contributed by atoms with Crippen molar-refractivity contribution in [2.45, 2.75) is 25.3 Å². The van der Waals surface area contributed by atoms with Gasteiger partial charge in [-0.1, -0.05) is 70.0 Å². The number of fused-ring (bicyclic) bond motifs is 3. The van der Waals surface area contributed by atoms with Crippen LogP contribution < -0.4 is 9.47 Å². The first-order valence-corrected chi connectivity index (χ1v) is 13.6. The molecule has 2 atom stereocenters. The molecule has 2 aliphatic heterocycles.